The second-order valence-electron chi connectivity index (χ2n) is 1.68. The quantitative estimate of drug-likeness (QED) is 0.537. The number of rotatable bonds is 0. The molecule has 0 aromatic heterocycles. The highest BCUT2D eigenvalue weighted by Gasteiger charge is 1.90. The summed E-state index contributed by atoms with van der Waals surface area (Å²) < 4.78 is 0. The van der Waals surface area contributed by atoms with Crippen molar-refractivity contribution in [2.75, 3.05) is 0 Å². The number of phenolic OH excluding ortho intramolecular Hbond substituents is 2. The van der Waals surface area contributed by atoms with Crippen molar-refractivity contribution < 1.29 is 10.2 Å². The monoisotopic (exact) mass is 246 g/mol. The molecule has 0 bridgehead atoms. The normalized spacial score (nSPS) is 9.00. The summed E-state index contributed by atoms with van der Waals surface area (Å²) in [5, 5.41) is 17.3. The zero-order chi connectivity index (χ0) is 9.56. The highest BCUT2D eigenvalue weighted by Crippen LogP contribution is 2.51. The first-order valence-electron chi connectivity index (χ1n) is 2.78. The van der Waals surface area contributed by atoms with Gasteiger partial charge in [-0.05, 0) is 12.1 Å². The van der Waals surface area contributed by atoms with Crippen LogP contribution in [0, 0.1) is 0 Å². The largest absolute Gasteiger partial charge is 0.504 e. The van der Waals surface area contributed by atoms with Gasteiger partial charge in [-0.15, -0.1) is 0 Å². The lowest BCUT2D eigenvalue weighted by Gasteiger charge is -1.91. The molecule has 0 aliphatic heterocycles. The molecule has 0 atom stereocenters. The smallest absolute Gasteiger partial charge is 0.179 e. The van der Waals surface area contributed by atoms with Gasteiger partial charge in [0.2, 0.25) is 0 Å². The molecule has 1 rings (SSSR count). The van der Waals surface area contributed by atoms with E-state index in [0.717, 1.165) is 0 Å². The fourth-order valence-electron chi connectivity index (χ4n) is 0.464. The van der Waals surface area contributed by atoms with Gasteiger partial charge in [0.15, 0.2) is 17.5 Å². The van der Waals surface area contributed by atoms with E-state index in [1.54, 1.807) is 12.1 Å². The Labute approximate surface area is 85.8 Å². The topological polar surface area (TPSA) is 40.5 Å². The van der Waals surface area contributed by atoms with Crippen LogP contribution in [0.5, 0.6) is 11.5 Å². The maximum absolute atomic E-state index is 8.67. The summed E-state index contributed by atoms with van der Waals surface area (Å²) in [4.78, 5) is 0. The maximum atomic E-state index is 8.67. The summed E-state index contributed by atoms with van der Waals surface area (Å²) in [6.45, 7) is 0. The zero-order valence-electron chi connectivity index (χ0n) is 5.78. The van der Waals surface area contributed by atoms with Crippen LogP contribution in [0.25, 0.3) is 0 Å². The Balaban J connectivity index is 0.000000261. The fourth-order valence-corrected chi connectivity index (χ4v) is 0.464. The first-order valence-corrected chi connectivity index (χ1v) is 6.84. The molecule has 0 saturated heterocycles. The third kappa shape index (κ3) is 6.81. The van der Waals surface area contributed by atoms with Crippen molar-refractivity contribution in [3.05, 3.63) is 24.3 Å². The molecule has 0 aliphatic carbocycles. The standard InChI is InChI=1S/C6H6O2.Cl3P/c7-5-3-1-2-4-6(5)8;1-4(2)3/h1-4,7-8H;. The number of para-hydroxylation sites is 2. The Morgan fingerprint density at radius 1 is 0.917 bits per heavy atom. The molecule has 6 heteroatoms. The minimum Gasteiger partial charge on any atom is -0.504 e. The molecule has 0 unspecified atom stereocenters. The summed E-state index contributed by atoms with van der Waals surface area (Å²) in [5.74, 6) is -1.36. The lowest BCUT2D eigenvalue weighted by molar-refractivity contribution is 0.404. The SMILES string of the molecule is ClP(Cl)Cl.Oc1ccccc1O. The van der Waals surface area contributed by atoms with E-state index in [-0.39, 0.29) is 11.5 Å². The lowest BCUT2D eigenvalue weighted by atomic mass is 10.3. The molecule has 0 heterocycles. The Hall–Kier alpha value is 0.120. The van der Waals surface area contributed by atoms with E-state index < -0.39 is 5.98 Å². The molecule has 1 aromatic carbocycles. The summed E-state index contributed by atoms with van der Waals surface area (Å²) in [6.07, 6.45) is 0. The molecule has 2 nitrogen and oxygen atoms in total. The predicted octanol–water partition coefficient (Wildman–Crippen LogP) is 4.03. The molecule has 0 aliphatic rings. The van der Waals surface area contributed by atoms with E-state index in [4.69, 9.17) is 43.9 Å². The predicted molar refractivity (Wildman–Crippen MR) is 54.3 cm³/mol. The van der Waals surface area contributed by atoms with Crippen LogP contribution in [-0.2, 0) is 0 Å². The lowest BCUT2D eigenvalue weighted by Crippen LogP contribution is -1.63. The number of hydrogen-bond donors (Lipinski definition) is 2. The zero-order valence-corrected chi connectivity index (χ0v) is 8.95. The van der Waals surface area contributed by atoms with Crippen LogP contribution in [0.15, 0.2) is 24.3 Å². The molecule has 0 radical (unpaired) electrons. The number of aromatic hydroxyl groups is 2. The van der Waals surface area contributed by atoms with Gasteiger partial charge >= 0.3 is 0 Å². The van der Waals surface area contributed by atoms with Crippen molar-refractivity contribution in [2.24, 2.45) is 0 Å². The van der Waals surface area contributed by atoms with Gasteiger partial charge in [0.1, 0.15) is 0 Å². The first kappa shape index (κ1) is 12.1. The molecular weight excluding hydrogens is 241 g/mol. The average molecular weight is 247 g/mol. The van der Waals surface area contributed by atoms with Crippen molar-refractivity contribution in [1.29, 1.82) is 0 Å². The van der Waals surface area contributed by atoms with Gasteiger partial charge in [-0.1, -0.05) is 45.9 Å². The van der Waals surface area contributed by atoms with Gasteiger partial charge in [-0.2, -0.15) is 0 Å². The Bertz CT molecular complexity index is 208. The van der Waals surface area contributed by atoms with Crippen LogP contribution in [0.2, 0.25) is 0 Å². The van der Waals surface area contributed by atoms with Gasteiger partial charge in [-0.25, -0.2) is 0 Å². The highest BCUT2D eigenvalue weighted by molar-refractivity contribution is 8.20. The average Bonchev–Trinajstić information content (AvgIpc) is 1.94. The second-order valence-corrected chi connectivity index (χ2v) is 6.66. The summed E-state index contributed by atoms with van der Waals surface area (Å²) in [6, 6.07) is 6.15. The number of hydrogen-bond acceptors (Lipinski definition) is 2. The molecule has 2 N–H and O–H groups in total. The summed E-state index contributed by atoms with van der Waals surface area (Å²) in [5.41, 5.74) is 0. The Morgan fingerprint density at radius 2 is 1.17 bits per heavy atom. The minimum absolute atomic E-state index is 0.0764. The van der Waals surface area contributed by atoms with E-state index in [0.29, 0.717) is 0 Å². The number of phenols is 2. The summed E-state index contributed by atoms with van der Waals surface area (Å²) in [7, 11) is 0. The van der Waals surface area contributed by atoms with Gasteiger partial charge in [0.05, 0.1) is 0 Å². The Kier molecular flexibility index (Phi) is 6.68. The van der Waals surface area contributed by atoms with Gasteiger partial charge in [-0.3, -0.25) is 0 Å². The van der Waals surface area contributed by atoms with Crippen LogP contribution in [-0.4, -0.2) is 10.2 Å². The number of halogens is 3. The van der Waals surface area contributed by atoms with Crippen LogP contribution < -0.4 is 0 Å². The molecule has 0 saturated carbocycles. The van der Waals surface area contributed by atoms with Crippen molar-refractivity contribution in [1.82, 2.24) is 0 Å². The first-order chi connectivity index (χ1) is 5.54. The molecule has 1 aromatic rings. The number of benzene rings is 1. The maximum Gasteiger partial charge on any atom is 0.179 e. The molecular formula is C6H6Cl3O2P. The fraction of sp³-hybridized carbons (Fsp3) is 0. The molecule has 0 fully saturated rings. The van der Waals surface area contributed by atoms with Gasteiger partial charge < -0.3 is 10.2 Å². The van der Waals surface area contributed by atoms with Gasteiger partial charge in [0, 0.05) is 0 Å². The van der Waals surface area contributed by atoms with Crippen molar-refractivity contribution in [3.63, 3.8) is 0 Å². The van der Waals surface area contributed by atoms with Crippen molar-refractivity contribution in [3.8, 4) is 11.5 Å². The summed E-state index contributed by atoms with van der Waals surface area (Å²) >= 11 is 14.6. The Morgan fingerprint density at radius 3 is 1.33 bits per heavy atom. The second kappa shape index (κ2) is 6.62. The van der Waals surface area contributed by atoms with Crippen LogP contribution >= 0.6 is 39.7 Å². The van der Waals surface area contributed by atoms with Crippen LogP contribution in [0.1, 0.15) is 0 Å². The molecule has 68 valence electrons. The molecule has 0 spiro atoms. The molecule has 0 amide bonds. The van der Waals surface area contributed by atoms with E-state index >= 15 is 0 Å². The van der Waals surface area contributed by atoms with E-state index in [9.17, 15) is 0 Å². The van der Waals surface area contributed by atoms with E-state index in [1.165, 1.54) is 12.1 Å². The third-order valence-corrected chi connectivity index (χ3v) is 0.882. The third-order valence-electron chi connectivity index (χ3n) is 0.882. The van der Waals surface area contributed by atoms with Crippen molar-refractivity contribution >= 4 is 39.7 Å². The van der Waals surface area contributed by atoms with E-state index in [2.05, 4.69) is 0 Å². The minimum atomic E-state index is -1.20. The van der Waals surface area contributed by atoms with Crippen molar-refractivity contribution in [2.45, 2.75) is 0 Å². The van der Waals surface area contributed by atoms with Crippen LogP contribution in [0.4, 0.5) is 0 Å². The van der Waals surface area contributed by atoms with Crippen LogP contribution in [0.3, 0.4) is 0 Å². The van der Waals surface area contributed by atoms with Gasteiger partial charge in [0.25, 0.3) is 0 Å². The molecule has 12 heavy (non-hydrogen) atoms. The van der Waals surface area contributed by atoms with E-state index in [1.807, 2.05) is 0 Å². The highest BCUT2D eigenvalue weighted by atomic mass is 36.0.